The van der Waals surface area contributed by atoms with Crippen molar-refractivity contribution in [3.63, 3.8) is 0 Å². The van der Waals surface area contributed by atoms with Crippen molar-refractivity contribution in [2.24, 2.45) is 0 Å². The second-order valence-electron chi connectivity index (χ2n) is 5.28. The van der Waals surface area contributed by atoms with Gasteiger partial charge in [0.1, 0.15) is 11.5 Å². The van der Waals surface area contributed by atoms with Gasteiger partial charge in [-0.05, 0) is 54.8 Å². The molecule has 0 spiro atoms. The van der Waals surface area contributed by atoms with E-state index in [0.717, 1.165) is 34.6 Å². The Balaban J connectivity index is 2.31. The predicted molar refractivity (Wildman–Crippen MR) is 88.1 cm³/mol. The molecule has 0 aliphatic rings. The van der Waals surface area contributed by atoms with Crippen LogP contribution < -0.4 is 9.47 Å². The van der Waals surface area contributed by atoms with Crippen molar-refractivity contribution in [3.8, 4) is 11.5 Å². The number of methoxy groups -OCH3 is 2. The SMILES string of the molecule is CCC(C(=O)c1ccc(OC)cc1C)c1ccc(OC)cc1. The zero-order valence-electron chi connectivity index (χ0n) is 13.6. The molecule has 116 valence electrons. The molecule has 1 atom stereocenters. The van der Waals surface area contributed by atoms with E-state index < -0.39 is 0 Å². The average Bonchev–Trinajstić information content (AvgIpc) is 2.55. The fourth-order valence-electron chi connectivity index (χ4n) is 2.64. The molecule has 3 nitrogen and oxygen atoms in total. The molecule has 0 aliphatic carbocycles. The van der Waals surface area contributed by atoms with E-state index in [4.69, 9.17) is 9.47 Å². The van der Waals surface area contributed by atoms with Gasteiger partial charge in [-0.2, -0.15) is 0 Å². The van der Waals surface area contributed by atoms with Gasteiger partial charge in [0, 0.05) is 11.5 Å². The third-order valence-corrected chi connectivity index (χ3v) is 3.94. The minimum Gasteiger partial charge on any atom is -0.497 e. The molecule has 22 heavy (non-hydrogen) atoms. The minimum absolute atomic E-state index is 0.141. The number of benzene rings is 2. The normalized spacial score (nSPS) is 11.8. The van der Waals surface area contributed by atoms with Gasteiger partial charge in [0.25, 0.3) is 0 Å². The van der Waals surface area contributed by atoms with E-state index in [-0.39, 0.29) is 11.7 Å². The molecule has 0 N–H and O–H groups in total. The lowest BCUT2D eigenvalue weighted by Gasteiger charge is -2.16. The summed E-state index contributed by atoms with van der Waals surface area (Å²) in [6, 6.07) is 13.3. The second-order valence-corrected chi connectivity index (χ2v) is 5.28. The molecule has 0 saturated heterocycles. The van der Waals surface area contributed by atoms with Crippen molar-refractivity contribution in [1.29, 1.82) is 0 Å². The highest BCUT2D eigenvalue weighted by Crippen LogP contribution is 2.28. The van der Waals surface area contributed by atoms with Gasteiger partial charge in [0.2, 0.25) is 0 Å². The maximum absolute atomic E-state index is 12.9. The van der Waals surface area contributed by atoms with Gasteiger partial charge < -0.3 is 9.47 Å². The van der Waals surface area contributed by atoms with Crippen LogP contribution >= 0.6 is 0 Å². The van der Waals surface area contributed by atoms with E-state index >= 15 is 0 Å². The Bertz CT molecular complexity index is 644. The van der Waals surface area contributed by atoms with E-state index in [2.05, 4.69) is 0 Å². The number of hydrogen-bond donors (Lipinski definition) is 0. The molecule has 2 aromatic carbocycles. The maximum atomic E-state index is 12.9. The molecule has 0 fully saturated rings. The van der Waals surface area contributed by atoms with Crippen molar-refractivity contribution < 1.29 is 14.3 Å². The molecule has 0 amide bonds. The van der Waals surface area contributed by atoms with Crippen LogP contribution in [-0.4, -0.2) is 20.0 Å². The highest BCUT2D eigenvalue weighted by atomic mass is 16.5. The number of rotatable bonds is 6. The maximum Gasteiger partial charge on any atom is 0.170 e. The molecule has 3 heteroatoms. The van der Waals surface area contributed by atoms with E-state index in [0.29, 0.717) is 0 Å². The Morgan fingerprint density at radius 2 is 1.59 bits per heavy atom. The number of ketones is 1. The Kier molecular flexibility index (Phi) is 5.21. The molecule has 0 aromatic heterocycles. The number of ether oxygens (including phenoxy) is 2. The van der Waals surface area contributed by atoms with Crippen LogP contribution in [0.25, 0.3) is 0 Å². The Morgan fingerprint density at radius 3 is 2.09 bits per heavy atom. The summed E-state index contributed by atoms with van der Waals surface area (Å²) in [6.45, 7) is 3.97. The van der Waals surface area contributed by atoms with Crippen LogP contribution in [0.5, 0.6) is 11.5 Å². The van der Waals surface area contributed by atoms with Crippen molar-refractivity contribution in [3.05, 3.63) is 59.2 Å². The van der Waals surface area contributed by atoms with Gasteiger partial charge in [-0.3, -0.25) is 4.79 Å². The van der Waals surface area contributed by atoms with Crippen LogP contribution in [0.4, 0.5) is 0 Å². The lowest BCUT2D eigenvalue weighted by atomic mass is 9.87. The topological polar surface area (TPSA) is 35.5 Å². The first-order chi connectivity index (χ1) is 10.6. The summed E-state index contributed by atoms with van der Waals surface area (Å²) in [5, 5.41) is 0. The fourth-order valence-corrected chi connectivity index (χ4v) is 2.64. The third-order valence-electron chi connectivity index (χ3n) is 3.94. The number of aryl methyl sites for hydroxylation is 1. The standard InChI is InChI=1S/C19H22O3/c1-5-17(14-6-8-15(21-3)9-7-14)19(20)18-11-10-16(22-4)12-13(18)2/h6-12,17H,5H2,1-4H3. The molecule has 1 unspecified atom stereocenters. The number of carbonyl (C=O) groups excluding carboxylic acids is 1. The van der Waals surface area contributed by atoms with E-state index in [9.17, 15) is 4.79 Å². The van der Waals surface area contributed by atoms with Crippen molar-refractivity contribution >= 4 is 5.78 Å². The first kappa shape index (κ1) is 16.1. The molecular weight excluding hydrogens is 276 g/mol. The van der Waals surface area contributed by atoms with Gasteiger partial charge in [-0.1, -0.05) is 19.1 Å². The molecule has 0 heterocycles. The summed E-state index contributed by atoms with van der Waals surface area (Å²) in [6.07, 6.45) is 0.761. The van der Waals surface area contributed by atoms with E-state index in [1.165, 1.54) is 0 Å². The average molecular weight is 298 g/mol. The van der Waals surface area contributed by atoms with Crippen LogP contribution in [-0.2, 0) is 0 Å². The predicted octanol–water partition coefficient (Wildman–Crippen LogP) is 4.39. The van der Waals surface area contributed by atoms with Crippen LogP contribution in [0.2, 0.25) is 0 Å². The summed E-state index contributed by atoms with van der Waals surface area (Å²) in [5.74, 6) is 1.57. The number of Topliss-reactive ketones (excluding diaryl/α,β-unsaturated/α-hetero) is 1. The Labute approximate surface area is 131 Å². The minimum atomic E-state index is -0.141. The fraction of sp³-hybridized carbons (Fsp3) is 0.316. The second kappa shape index (κ2) is 7.12. The summed E-state index contributed by atoms with van der Waals surface area (Å²) >= 11 is 0. The molecular formula is C19H22O3. The summed E-state index contributed by atoms with van der Waals surface area (Å²) in [5.41, 5.74) is 2.71. The zero-order chi connectivity index (χ0) is 16.1. The highest BCUT2D eigenvalue weighted by molar-refractivity contribution is 6.02. The molecule has 0 radical (unpaired) electrons. The van der Waals surface area contributed by atoms with Gasteiger partial charge >= 0.3 is 0 Å². The summed E-state index contributed by atoms with van der Waals surface area (Å²) in [4.78, 5) is 12.9. The smallest absolute Gasteiger partial charge is 0.170 e. The Morgan fingerprint density at radius 1 is 1.00 bits per heavy atom. The van der Waals surface area contributed by atoms with Crippen LogP contribution in [0.15, 0.2) is 42.5 Å². The van der Waals surface area contributed by atoms with Crippen molar-refractivity contribution in [1.82, 2.24) is 0 Å². The molecule has 0 bridgehead atoms. The lowest BCUT2D eigenvalue weighted by Crippen LogP contribution is -2.13. The van der Waals surface area contributed by atoms with Gasteiger partial charge in [-0.25, -0.2) is 0 Å². The van der Waals surface area contributed by atoms with Gasteiger partial charge in [-0.15, -0.1) is 0 Å². The first-order valence-electron chi connectivity index (χ1n) is 7.43. The molecule has 2 rings (SSSR count). The van der Waals surface area contributed by atoms with Gasteiger partial charge in [0.15, 0.2) is 5.78 Å². The Hall–Kier alpha value is -2.29. The monoisotopic (exact) mass is 298 g/mol. The van der Waals surface area contributed by atoms with Crippen LogP contribution in [0.1, 0.15) is 40.7 Å². The van der Waals surface area contributed by atoms with Crippen LogP contribution in [0, 0.1) is 6.92 Å². The van der Waals surface area contributed by atoms with Crippen molar-refractivity contribution in [2.45, 2.75) is 26.2 Å². The number of carbonyl (C=O) groups is 1. The van der Waals surface area contributed by atoms with E-state index in [1.807, 2.05) is 56.3 Å². The third kappa shape index (κ3) is 3.30. The summed E-state index contributed by atoms with van der Waals surface area (Å²) in [7, 11) is 3.26. The van der Waals surface area contributed by atoms with Crippen LogP contribution in [0.3, 0.4) is 0 Å². The first-order valence-corrected chi connectivity index (χ1v) is 7.43. The molecule has 2 aromatic rings. The summed E-state index contributed by atoms with van der Waals surface area (Å²) < 4.78 is 10.4. The van der Waals surface area contributed by atoms with E-state index in [1.54, 1.807) is 14.2 Å². The molecule has 0 saturated carbocycles. The zero-order valence-corrected chi connectivity index (χ0v) is 13.6. The van der Waals surface area contributed by atoms with Gasteiger partial charge in [0.05, 0.1) is 14.2 Å². The lowest BCUT2D eigenvalue weighted by molar-refractivity contribution is 0.0956. The van der Waals surface area contributed by atoms with Crippen molar-refractivity contribution in [2.75, 3.05) is 14.2 Å². The number of hydrogen-bond acceptors (Lipinski definition) is 3. The highest BCUT2D eigenvalue weighted by Gasteiger charge is 2.22. The molecule has 0 aliphatic heterocycles. The largest absolute Gasteiger partial charge is 0.497 e. The quantitative estimate of drug-likeness (QED) is 0.742.